The predicted octanol–water partition coefficient (Wildman–Crippen LogP) is 5.23. The Hall–Kier alpha value is -2.23. The molecule has 0 saturated carbocycles. The Morgan fingerprint density at radius 3 is 2.68 bits per heavy atom. The first kappa shape index (κ1) is 19.1. The van der Waals surface area contributed by atoms with E-state index < -0.39 is 0 Å². The molecule has 2 aliphatic heterocycles. The van der Waals surface area contributed by atoms with Crippen LogP contribution in [0.15, 0.2) is 63.6 Å². The zero-order chi connectivity index (χ0) is 19.7. The summed E-state index contributed by atoms with van der Waals surface area (Å²) in [5, 5.41) is 10.7. The van der Waals surface area contributed by atoms with E-state index in [2.05, 4.69) is 46.0 Å². The zero-order valence-corrected chi connectivity index (χ0v) is 18.0. The molecule has 0 unspecified atom stereocenters. The van der Waals surface area contributed by atoms with Gasteiger partial charge in [0.05, 0.1) is 29.2 Å². The van der Waals surface area contributed by atoms with E-state index in [1.807, 2.05) is 36.4 Å². The lowest BCUT2D eigenvalue weighted by Gasteiger charge is -2.42. The van der Waals surface area contributed by atoms with Gasteiger partial charge < -0.3 is 4.90 Å². The number of nitriles is 1. The number of para-hydroxylation sites is 1. The number of anilines is 1. The molecule has 4 rings (SSSR count). The van der Waals surface area contributed by atoms with E-state index in [4.69, 9.17) is 0 Å². The summed E-state index contributed by atoms with van der Waals surface area (Å²) in [7, 11) is 0. The number of nitrogens with zero attached hydrogens (tertiary/aromatic N) is 3. The minimum absolute atomic E-state index is 0.0769. The Bertz CT molecular complexity index is 980. The zero-order valence-electron chi connectivity index (χ0n) is 15.6. The molecule has 142 valence electrons. The Morgan fingerprint density at radius 1 is 1.21 bits per heavy atom. The number of fused-ring (bicyclic) bond motifs is 1. The lowest BCUT2D eigenvalue weighted by molar-refractivity contribution is -0.129. The molecule has 2 heterocycles. The highest BCUT2D eigenvalue weighted by molar-refractivity contribution is 9.10. The number of carbonyl (C=O) groups excluding carboxylic acids is 1. The van der Waals surface area contributed by atoms with Crippen LogP contribution in [0.4, 0.5) is 5.69 Å². The monoisotopic (exact) mass is 453 g/mol. The summed E-state index contributed by atoms with van der Waals surface area (Å²) in [6.45, 7) is 2.64. The van der Waals surface area contributed by atoms with Gasteiger partial charge in [-0.15, -0.1) is 0 Å². The van der Waals surface area contributed by atoms with Crippen LogP contribution in [0.25, 0.3) is 0 Å². The van der Waals surface area contributed by atoms with Crippen molar-refractivity contribution in [3.63, 3.8) is 0 Å². The molecular formula is C22H20BrN3OS. The summed E-state index contributed by atoms with van der Waals surface area (Å²) >= 11 is 5.03. The van der Waals surface area contributed by atoms with Gasteiger partial charge in [-0.2, -0.15) is 5.26 Å². The molecule has 1 amide bonds. The van der Waals surface area contributed by atoms with Gasteiger partial charge in [-0.25, -0.2) is 0 Å². The first-order valence-corrected chi connectivity index (χ1v) is 11.1. The Morgan fingerprint density at radius 2 is 1.96 bits per heavy atom. The highest BCUT2D eigenvalue weighted by atomic mass is 79.9. The number of carbonyl (C=O) groups is 1. The number of thioether (sulfide) groups is 1. The summed E-state index contributed by atoms with van der Waals surface area (Å²) in [6.07, 6.45) is 1.28. The van der Waals surface area contributed by atoms with Crippen molar-refractivity contribution >= 4 is 39.3 Å². The minimum atomic E-state index is -0.168. The van der Waals surface area contributed by atoms with Gasteiger partial charge in [0.1, 0.15) is 0 Å². The van der Waals surface area contributed by atoms with Crippen molar-refractivity contribution in [1.82, 2.24) is 4.90 Å². The molecule has 1 atom stereocenters. The average molecular weight is 454 g/mol. The summed E-state index contributed by atoms with van der Waals surface area (Å²) in [5.41, 5.74) is 4.15. The van der Waals surface area contributed by atoms with Crippen molar-refractivity contribution in [1.29, 1.82) is 5.26 Å². The Labute approximate surface area is 178 Å². The van der Waals surface area contributed by atoms with Crippen LogP contribution >= 0.6 is 27.7 Å². The molecule has 0 bridgehead atoms. The van der Waals surface area contributed by atoms with E-state index in [1.165, 1.54) is 5.56 Å². The van der Waals surface area contributed by atoms with Gasteiger partial charge in [0, 0.05) is 22.5 Å². The predicted molar refractivity (Wildman–Crippen MR) is 117 cm³/mol. The van der Waals surface area contributed by atoms with Crippen molar-refractivity contribution < 1.29 is 4.79 Å². The summed E-state index contributed by atoms with van der Waals surface area (Å²) in [6, 6.07) is 18.6. The summed E-state index contributed by atoms with van der Waals surface area (Å²) < 4.78 is 0.989. The SMILES string of the molecule is CCc1ccccc1N1CSC2=C(C#N)[C@H](c3ccc(Br)cc3)CC(=O)N2C1. The van der Waals surface area contributed by atoms with E-state index in [-0.39, 0.29) is 11.8 Å². The Balaban J connectivity index is 1.67. The van der Waals surface area contributed by atoms with Crippen LogP contribution in [-0.2, 0) is 11.2 Å². The molecule has 2 aromatic rings. The van der Waals surface area contributed by atoms with Gasteiger partial charge in [-0.3, -0.25) is 9.69 Å². The van der Waals surface area contributed by atoms with Crippen LogP contribution in [0, 0.1) is 11.3 Å². The number of hydrogen-bond donors (Lipinski definition) is 0. The average Bonchev–Trinajstić information content (AvgIpc) is 2.74. The standard InChI is InChI=1S/C22H20BrN3OS/c1-2-15-5-3-4-6-20(15)25-13-26-21(27)11-18(16-7-9-17(23)10-8-16)19(12-24)22(26)28-14-25/h3-10,18H,2,11,13-14H2,1H3/t18-/m0/s1. The lowest BCUT2D eigenvalue weighted by atomic mass is 9.86. The van der Waals surface area contributed by atoms with Gasteiger partial charge in [0.2, 0.25) is 5.91 Å². The van der Waals surface area contributed by atoms with Gasteiger partial charge in [-0.05, 0) is 35.7 Å². The topological polar surface area (TPSA) is 47.3 Å². The maximum absolute atomic E-state index is 13.0. The van der Waals surface area contributed by atoms with Crippen LogP contribution in [0.3, 0.4) is 0 Å². The molecule has 0 aromatic heterocycles. The lowest BCUT2D eigenvalue weighted by Crippen LogP contribution is -2.47. The molecule has 6 heteroatoms. The highest BCUT2D eigenvalue weighted by Gasteiger charge is 2.38. The highest BCUT2D eigenvalue weighted by Crippen LogP contribution is 2.43. The quantitative estimate of drug-likeness (QED) is 0.637. The molecule has 0 N–H and O–H groups in total. The van der Waals surface area contributed by atoms with Crippen molar-refractivity contribution in [2.24, 2.45) is 0 Å². The van der Waals surface area contributed by atoms with Crippen LogP contribution in [0.2, 0.25) is 0 Å². The maximum Gasteiger partial charge on any atom is 0.229 e. The molecule has 1 saturated heterocycles. The number of benzene rings is 2. The number of amides is 1. The number of rotatable bonds is 3. The van der Waals surface area contributed by atoms with Crippen molar-refractivity contribution in [2.45, 2.75) is 25.7 Å². The van der Waals surface area contributed by atoms with Crippen molar-refractivity contribution in [3.8, 4) is 6.07 Å². The third-order valence-electron chi connectivity index (χ3n) is 5.28. The van der Waals surface area contributed by atoms with Gasteiger partial charge >= 0.3 is 0 Å². The van der Waals surface area contributed by atoms with Crippen LogP contribution in [0.1, 0.15) is 30.4 Å². The van der Waals surface area contributed by atoms with E-state index in [0.717, 1.165) is 33.1 Å². The molecule has 0 aliphatic carbocycles. The molecule has 0 radical (unpaired) electrons. The van der Waals surface area contributed by atoms with Gasteiger partial charge in [0.15, 0.2) is 0 Å². The molecular weight excluding hydrogens is 434 g/mol. The van der Waals surface area contributed by atoms with E-state index in [1.54, 1.807) is 16.7 Å². The molecule has 0 spiro atoms. The third-order valence-corrected chi connectivity index (χ3v) is 6.96. The molecule has 28 heavy (non-hydrogen) atoms. The summed E-state index contributed by atoms with van der Waals surface area (Å²) in [5.74, 6) is 0.640. The second-order valence-corrected chi connectivity index (χ2v) is 8.75. The Kier molecular flexibility index (Phi) is 5.47. The van der Waals surface area contributed by atoms with Crippen molar-refractivity contribution in [2.75, 3.05) is 17.4 Å². The van der Waals surface area contributed by atoms with Crippen LogP contribution in [-0.4, -0.2) is 23.4 Å². The van der Waals surface area contributed by atoms with Crippen LogP contribution < -0.4 is 4.90 Å². The van der Waals surface area contributed by atoms with Crippen molar-refractivity contribution in [3.05, 3.63) is 74.7 Å². The van der Waals surface area contributed by atoms with E-state index in [9.17, 15) is 10.1 Å². The van der Waals surface area contributed by atoms with Gasteiger partial charge in [0.25, 0.3) is 0 Å². The number of aryl methyl sites for hydroxylation is 1. The maximum atomic E-state index is 13.0. The second-order valence-electron chi connectivity index (χ2n) is 6.90. The number of halogens is 1. The largest absolute Gasteiger partial charge is 0.343 e. The fraction of sp³-hybridized carbons (Fsp3) is 0.273. The normalized spacial score (nSPS) is 19.5. The molecule has 2 aliphatic rings. The third kappa shape index (κ3) is 3.45. The fourth-order valence-electron chi connectivity index (χ4n) is 3.81. The fourth-order valence-corrected chi connectivity index (χ4v) is 5.24. The minimum Gasteiger partial charge on any atom is -0.343 e. The molecule has 4 nitrogen and oxygen atoms in total. The molecule has 2 aromatic carbocycles. The first-order chi connectivity index (χ1) is 13.6. The van der Waals surface area contributed by atoms with E-state index >= 15 is 0 Å². The smallest absolute Gasteiger partial charge is 0.229 e. The van der Waals surface area contributed by atoms with E-state index in [0.29, 0.717) is 18.7 Å². The second kappa shape index (κ2) is 8.02. The number of allylic oxidation sites excluding steroid dienone is 1. The van der Waals surface area contributed by atoms with Crippen LogP contribution in [0.5, 0.6) is 0 Å². The first-order valence-electron chi connectivity index (χ1n) is 9.28. The summed E-state index contributed by atoms with van der Waals surface area (Å²) in [4.78, 5) is 17.0. The number of hydrogen-bond acceptors (Lipinski definition) is 4. The molecule has 1 fully saturated rings. The van der Waals surface area contributed by atoms with Gasteiger partial charge in [-0.1, -0.05) is 64.9 Å².